The zero-order valence-electron chi connectivity index (χ0n) is 9.11. The molecule has 0 saturated heterocycles. The number of benzene rings is 1. The highest BCUT2D eigenvalue weighted by Gasteiger charge is 2.33. The lowest BCUT2D eigenvalue weighted by Crippen LogP contribution is -2.35. The third-order valence-corrected chi connectivity index (χ3v) is 2.86. The van der Waals surface area contributed by atoms with Crippen LogP contribution in [0.3, 0.4) is 0 Å². The lowest BCUT2D eigenvalue weighted by Gasteiger charge is -2.25. The Bertz CT molecular complexity index is 528. The van der Waals surface area contributed by atoms with Gasteiger partial charge in [0, 0.05) is 5.56 Å². The standard InChI is InChI=1S/C14H11NO2/c16-14-11-8-4-5-9-12(11)15-13(17-14)10-6-2-1-3-7-10/h1-9,11-12H/t11-,12-/m0/s1. The second kappa shape index (κ2) is 4.01. The summed E-state index contributed by atoms with van der Waals surface area (Å²) >= 11 is 0. The van der Waals surface area contributed by atoms with Crippen molar-refractivity contribution in [3.05, 3.63) is 60.2 Å². The molecule has 2 atom stereocenters. The molecule has 84 valence electrons. The number of hydrogen-bond acceptors (Lipinski definition) is 3. The molecule has 0 fully saturated rings. The van der Waals surface area contributed by atoms with Crippen LogP contribution in [0.15, 0.2) is 59.6 Å². The summed E-state index contributed by atoms with van der Waals surface area (Å²) in [4.78, 5) is 16.3. The zero-order chi connectivity index (χ0) is 11.7. The van der Waals surface area contributed by atoms with Crippen molar-refractivity contribution in [2.24, 2.45) is 10.9 Å². The van der Waals surface area contributed by atoms with Crippen LogP contribution in [0.4, 0.5) is 0 Å². The van der Waals surface area contributed by atoms with Crippen LogP contribution in [0, 0.1) is 5.92 Å². The van der Waals surface area contributed by atoms with Crippen LogP contribution in [0.2, 0.25) is 0 Å². The van der Waals surface area contributed by atoms with Crippen LogP contribution < -0.4 is 0 Å². The number of esters is 1. The van der Waals surface area contributed by atoms with Gasteiger partial charge in [-0.2, -0.15) is 0 Å². The molecule has 3 nitrogen and oxygen atoms in total. The van der Waals surface area contributed by atoms with Gasteiger partial charge in [0.15, 0.2) is 0 Å². The summed E-state index contributed by atoms with van der Waals surface area (Å²) in [7, 11) is 0. The minimum absolute atomic E-state index is 0.128. The van der Waals surface area contributed by atoms with E-state index in [2.05, 4.69) is 4.99 Å². The Hall–Kier alpha value is -2.16. The highest BCUT2D eigenvalue weighted by Crippen LogP contribution is 2.23. The molecule has 2 aliphatic rings. The molecular formula is C14H11NO2. The van der Waals surface area contributed by atoms with Crippen LogP contribution in [-0.2, 0) is 9.53 Å². The lowest BCUT2D eigenvalue weighted by molar-refractivity contribution is -0.139. The molecule has 0 aromatic heterocycles. The molecule has 0 unspecified atom stereocenters. The summed E-state index contributed by atoms with van der Waals surface area (Å²) in [5.41, 5.74) is 0.835. The summed E-state index contributed by atoms with van der Waals surface area (Å²) < 4.78 is 5.27. The number of carbonyl (C=O) groups is 1. The lowest BCUT2D eigenvalue weighted by atomic mass is 9.94. The number of cyclic esters (lactones) is 1. The first-order valence-corrected chi connectivity index (χ1v) is 5.54. The third-order valence-electron chi connectivity index (χ3n) is 2.86. The third kappa shape index (κ3) is 1.80. The van der Waals surface area contributed by atoms with Gasteiger partial charge in [0.05, 0.1) is 6.04 Å². The van der Waals surface area contributed by atoms with Crippen LogP contribution in [0.1, 0.15) is 5.56 Å². The number of ether oxygens (including phenoxy) is 1. The van der Waals surface area contributed by atoms with Gasteiger partial charge < -0.3 is 4.74 Å². The smallest absolute Gasteiger partial charge is 0.322 e. The van der Waals surface area contributed by atoms with Crippen molar-refractivity contribution in [3.63, 3.8) is 0 Å². The summed E-state index contributed by atoms with van der Waals surface area (Å²) in [5.74, 6) is -0.0892. The monoisotopic (exact) mass is 225 g/mol. The SMILES string of the molecule is O=C1OC(c2ccccc2)=N[C@H]2C=CC=C[C@H]12. The minimum atomic E-state index is -0.271. The first-order valence-electron chi connectivity index (χ1n) is 5.54. The van der Waals surface area contributed by atoms with E-state index in [4.69, 9.17) is 4.74 Å². The Balaban J connectivity index is 1.98. The van der Waals surface area contributed by atoms with E-state index in [0.29, 0.717) is 5.90 Å². The van der Waals surface area contributed by atoms with Crippen molar-refractivity contribution in [1.29, 1.82) is 0 Å². The molecule has 1 aliphatic heterocycles. The van der Waals surface area contributed by atoms with Crippen molar-refractivity contribution in [2.75, 3.05) is 0 Å². The van der Waals surface area contributed by atoms with Gasteiger partial charge in [-0.25, -0.2) is 4.99 Å². The summed E-state index contributed by atoms with van der Waals surface area (Å²) in [6, 6.07) is 9.35. The maximum Gasteiger partial charge on any atom is 0.322 e. The van der Waals surface area contributed by atoms with E-state index in [1.54, 1.807) is 0 Å². The van der Waals surface area contributed by atoms with Crippen molar-refractivity contribution in [1.82, 2.24) is 0 Å². The fraction of sp³-hybridized carbons (Fsp3) is 0.143. The van der Waals surface area contributed by atoms with Crippen molar-refractivity contribution in [3.8, 4) is 0 Å². The Morgan fingerprint density at radius 1 is 1.06 bits per heavy atom. The van der Waals surface area contributed by atoms with Gasteiger partial charge in [-0.1, -0.05) is 42.5 Å². The quantitative estimate of drug-likeness (QED) is 0.686. The number of carbonyl (C=O) groups excluding carboxylic acids is 1. The zero-order valence-corrected chi connectivity index (χ0v) is 9.11. The molecule has 0 amide bonds. The van der Waals surface area contributed by atoms with Gasteiger partial charge in [-0.05, 0) is 12.1 Å². The Morgan fingerprint density at radius 3 is 2.65 bits per heavy atom. The fourth-order valence-electron chi connectivity index (χ4n) is 1.98. The van der Waals surface area contributed by atoms with Crippen LogP contribution >= 0.6 is 0 Å². The molecule has 0 N–H and O–H groups in total. The maximum atomic E-state index is 11.8. The van der Waals surface area contributed by atoms with Crippen molar-refractivity contribution in [2.45, 2.75) is 6.04 Å². The number of allylic oxidation sites excluding steroid dienone is 2. The van der Waals surface area contributed by atoms with Crippen LogP contribution in [-0.4, -0.2) is 17.9 Å². The molecule has 3 heteroatoms. The Kier molecular flexibility index (Phi) is 2.37. The second-order valence-electron chi connectivity index (χ2n) is 4.01. The highest BCUT2D eigenvalue weighted by molar-refractivity contribution is 6.03. The fourth-order valence-corrected chi connectivity index (χ4v) is 1.98. The second-order valence-corrected chi connectivity index (χ2v) is 4.01. The summed E-state index contributed by atoms with van der Waals surface area (Å²) in [5, 5.41) is 0. The highest BCUT2D eigenvalue weighted by atomic mass is 16.5. The van der Waals surface area contributed by atoms with E-state index in [-0.39, 0.29) is 17.9 Å². The van der Waals surface area contributed by atoms with Crippen LogP contribution in [0.5, 0.6) is 0 Å². The molecular weight excluding hydrogens is 214 g/mol. The number of hydrogen-bond donors (Lipinski definition) is 0. The number of aliphatic imine (C=N–C) groups is 1. The molecule has 1 heterocycles. The van der Waals surface area contributed by atoms with E-state index in [1.165, 1.54) is 0 Å². The predicted octanol–water partition coefficient (Wildman–Crippen LogP) is 2.10. The predicted molar refractivity (Wildman–Crippen MR) is 64.6 cm³/mol. The molecule has 1 aliphatic carbocycles. The number of nitrogens with zero attached hydrogens (tertiary/aromatic N) is 1. The Morgan fingerprint density at radius 2 is 1.82 bits per heavy atom. The van der Waals surface area contributed by atoms with E-state index < -0.39 is 0 Å². The van der Waals surface area contributed by atoms with E-state index in [9.17, 15) is 4.79 Å². The first-order chi connectivity index (χ1) is 8.34. The largest absolute Gasteiger partial charge is 0.407 e. The number of fused-ring (bicyclic) bond motifs is 1. The first kappa shape index (κ1) is 10.0. The molecule has 0 bridgehead atoms. The summed E-state index contributed by atoms with van der Waals surface area (Å²) in [6.45, 7) is 0. The van der Waals surface area contributed by atoms with Gasteiger partial charge in [-0.3, -0.25) is 4.79 Å². The van der Waals surface area contributed by atoms with Crippen molar-refractivity contribution < 1.29 is 9.53 Å². The van der Waals surface area contributed by atoms with Gasteiger partial charge in [-0.15, -0.1) is 0 Å². The molecule has 0 saturated carbocycles. The van der Waals surface area contributed by atoms with Crippen LogP contribution in [0.25, 0.3) is 0 Å². The van der Waals surface area contributed by atoms with Gasteiger partial charge in [0.2, 0.25) is 5.90 Å². The molecule has 3 rings (SSSR count). The van der Waals surface area contributed by atoms with Crippen molar-refractivity contribution >= 4 is 11.9 Å². The van der Waals surface area contributed by atoms with E-state index in [1.807, 2.05) is 54.6 Å². The molecule has 1 aromatic rings. The van der Waals surface area contributed by atoms with Gasteiger partial charge in [0.25, 0.3) is 0 Å². The molecule has 17 heavy (non-hydrogen) atoms. The molecule has 1 aromatic carbocycles. The van der Waals surface area contributed by atoms with Gasteiger partial charge in [0.1, 0.15) is 5.92 Å². The normalized spacial score (nSPS) is 26.1. The molecule has 0 spiro atoms. The number of rotatable bonds is 1. The summed E-state index contributed by atoms with van der Waals surface area (Å²) in [6.07, 6.45) is 7.52. The topological polar surface area (TPSA) is 38.7 Å². The maximum absolute atomic E-state index is 11.8. The average molecular weight is 225 g/mol. The minimum Gasteiger partial charge on any atom is -0.407 e. The molecule has 0 radical (unpaired) electrons. The van der Waals surface area contributed by atoms with E-state index >= 15 is 0 Å². The van der Waals surface area contributed by atoms with E-state index in [0.717, 1.165) is 5.56 Å². The average Bonchev–Trinajstić information content (AvgIpc) is 2.40. The Labute approximate surface area is 99.1 Å². The van der Waals surface area contributed by atoms with Gasteiger partial charge >= 0.3 is 5.97 Å².